The van der Waals surface area contributed by atoms with Crippen molar-refractivity contribution < 1.29 is 19.4 Å². The van der Waals surface area contributed by atoms with E-state index in [0.717, 1.165) is 26.1 Å². The molecule has 102 valence electrons. The largest absolute Gasteiger partial charge is 0.481 e. The number of rotatable bonds is 5. The number of aliphatic carboxylic acids is 1. The summed E-state index contributed by atoms with van der Waals surface area (Å²) >= 11 is 0. The van der Waals surface area contributed by atoms with Gasteiger partial charge in [-0.25, -0.2) is 4.79 Å². The summed E-state index contributed by atoms with van der Waals surface area (Å²) in [5.74, 6) is -0.317. The van der Waals surface area contributed by atoms with Crippen LogP contribution in [0.2, 0.25) is 0 Å². The Morgan fingerprint density at radius 3 is 2.83 bits per heavy atom. The normalized spacial score (nSPS) is 25.2. The van der Waals surface area contributed by atoms with Gasteiger partial charge in [0.05, 0.1) is 6.04 Å². The molecule has 2 fully saturated rings. The number of urea groups is 1. The average Bonchev–Trinajstić information content (AvgIpc) is 2.72. The minimum atomic E-state index is -0.810. The fourth-order valence-electron chi connectivity index (χ4n) is 2.61. The molecule has 2 saturated heterocycles. The summed E-state index contributed by atoms with van der Waals surface area (Å²) < 4.78 is 5.31. The molecule has 2 aliphatic heterocycles. The van der Waals surface area contributed by atoms with E-state index >= 15 is 0 Å². The first-order valence-electron chi connectivity index (χ1n) is 6.52. The number of carboxylic acids is 1. The standard InChI is InChI=1S/C12H20N2O4/c15-11(16)2-1-5-14-8-10(13-12(14)17)9-3-6-18-7-4-9/h9-10H,1-8H2,(H,13,17)(H,15,16). The minimum Gasteiger partial charge on any atom is -0.481 e. The number of nitrogens with one attached hydrogen (secondary N) is 1. The molecule has 1 atom stereocenters. The zero-order chi connectivity index (χ0) is 13.0. The number of carbonyl (C=O) groups is 2. The highest BCUT2D eigenvalue weighted by Gasteiger charge is 2.34. The molecule has 6 heteroatoms. The molecule has 2 heterocycles. The number of carbonyl (C=O) groups excluding carboxylic acids is 1. The lowest BCUT2D eigenvalue weighted by atomic mass is 9.92. The number of nitrogens with zero attached hydrogens (tertiary/aromatic N) is 1. The summed E-state index contributed by atoms with van der Waals surface area (Å²) in [6.45, 7) is 2.77. The first-order valence-corrected chi connectivity index (χ1v) is 6.52. The molecule has 2 rings (SSSR count). The number of amides is 2. The lowest BCUT2D eigenvalue weighted by molar-refractivity contribution is -0.137. The molecule has 6 nitrogen and oxygen atoms in total. The smallest absolute Gasteiger partial charge is 0.317 e. The summed E-state index contributed by atoms with van der Waals surface area (Å²) in [5.41, 5.74) is 0. The van der Waals surface area contributed by atoms with Crippen LogP contribution in [0, 0.1) is 5.92 Å². The van der Waals surface area contributed by atoms with Crippen molar-refractivity contribution in [3.8, 4) is 0 Å². The molecule has 0 aromatic heterocycles. The third-order valence-corrected chi connectivity index (χ3v) is 3.67. The van der Waals surface area contributed by atoms with Gasteiger partial charge in [-0.05, 0) is 25.2 Å². The number of hydrogen-bond donors (Lipinski definition) is 2. The minimum absolute atomic E-state index is 0.0584. The summed E-state index contributed by atoms with van der Waals surface area (Å²) in [7, 11) is 0. The van der Waals surface area contributed by atoms with Gasteiger partial charge in [-0.2, -0.15) is 0 Å². The topological polar surface area (TPSA) is 78.9 Å². The fraction of sp³-hybridized carbons (Fsp3) is 0.833. The number of ether oxygens (including phenoxy) is 1. The van der Waals surface area contributed by atoms with Gasteiger partial charge in [-0.3, -0.25) is 4.79 Å². The molecule has 2 N–H and O–H groups in total. The van der Waals surface area contributed by atoms with Crippen molar-refractivity contribution in [3.63, 3.8) is 0 Å². The second-order valence-electron chi connectivity index (χ2n) is 4.95. The zero-order valence-corrected chi connectivity index (χ0v) is 10.4. The summed E-state index contributed by atoms with van der Waals surface area (Å²) in [6.07, 6.45) is 2.62. The van der Waals surface area contributed by atoms with Crippen molar-refractivity contribution in [3.05, 3.63) is 0 Å². The van der Waals surface area contributed by atoms with E-state index in [4.69, 9.17) is 9.84 Å². The van der Waals surface area contributed by atoms with Crippen LogP contribution in [0.25, 0.3) is 0 Å². The van der Waals surface area contributed by atoms with Gasteiger partial charge in [-0.15, -0.1) is 0 Å². The molecule has 18 heavy (non-hydrogen) atoms. The highest BCUT2D eigenvalue weighted by Crippen LogP contribution is 2.22. The molecule has 0 saturated carbocycles. The Morgan fingerprint density at radius 2 is 2.17 bits per heavy atom. The highest BCUT2D eigenvalue weighted by molar-refractivity contribution is 5.77. The van der Waals surface area contributed by atoms with Crippen LogP contribution in [0.1, 0.15) is 25.7 Å². The fourth-order valence-corrected chi connectivity index (χ4v) is 2.61. The third kappa shape index (κ3) is 3.35. The van der Waals surface area contributed by atoms with Crippen molar-refractivity contribution in [1.82, 2.24) is 10.2 Å². The van der Waals surface area contributed by atoms with E-state index in [2.05, 4.69) is 5.32 Å². The lowest BCUT2D eigenvalue weighted by Gasteiger charge is -2.26. The van der Waals surface area contributed by atoms with Crippen molar-refractivity contribution in [2.24, 2.45) is 5.92 Å². The van der Waals surface area contributed by atoms with Crippen LogP contribution in [-0.4, -0.2) is 54.4 Å². The highest BCUT2D eigenvalue weighted by atomic mass is 16.5. The molecule has 2 amide bonds. The van der Waals surface area contributed by atoms with E-state index in [1.165, 1.54) is 0 Å². The maximum atomic E-state index is 11.7. The first kappa shape index (κ1) is 13.1. The van der Waals surface area contributed by atoms with Crippen LogP contribution in [0.15, 0.2) is 0 Å². The van der Waals surface area contributed by atoms with E-state index in [9.17, 15) is 9.59 Å². The van der Waals surface area contributed by atoms with Crippen LogP contribution in [0.3, 0.4) is 0 Å². The zero-order valence-electron chi connectivity index (χ0n) is 10.4. The van der Waals surface area contributed by atoms with E-state index in [-0.39, 0.29) is 18.5 Å². The van der Waals surface area contributed by atoms with Gasteiger partial charge in [0.1, 0.15) is 0 Å². The lowest BCUT2D eigenvalue weighted by Crippen LogP contribution is -2.37. The van der Waals surface area contributed by atoms with E-state index in [1.807, 2.05) is 0 Å². The SMILES string of the molecule is O=C(O)CCCN1CC(C2CCOCC2)NC1=O. The predicted molar refractivity (Wildman–Crippen MR) is 64.3 cm³/mol. The number of carboxylic acid groups (broad SMARTS) is 1. The molecule has 0 spiro atoms. The van der Waals surface area contributed by atoms with Crippen LogP contribution < -0.4 is 5.32 Å². The van der Waals surface area contributed by atoms with Crippen LogP contribution >= 0.6 is 0 Å². The van der Waals surface area contributed by atoms with Gasteiger partial charge in [-0.1, -0.05) is 0 Å². The van der Waals surface area contributed by atoms with Crippen molar-refractivity contribution in [2.45, 2.75) is 31.7 Å². The molecule has 2 aliphatic rings. The Kier molecular flexibility index (Phi) is 4.41. The van der Waals surface area contributed by atoms with Crippen LogP contribution in [0.4, 0.5) is 4.79 Å². The van der Waals surface area contributed by atoms with Gasteiger partial charge in [0.15, 0.2) is 0 Å². The van der Waals surface area contributed by atoms with Crippen molar-refractivity contribution >= 4 is 12.0 Å². The second-order valence-corrected chi connectivity index (χ2v) is 4.95. The van der Waals surface area contributed by atoms with Gasteiger partial charge < -0.3 is 20.1 Å². The Balaban J connectivity index is 1.77. The molecule has 0 aliphatic carbocycles. The molecule has 1 unspecified atom stereocenters. The van der Waals surface area contributed by atoms with Crippen molar-refractivity contribution in [1.29, 1.82) is 0 Å². The molecule has 0 aromatic rings. The van der Waals surface area contributed by atoms with Gasteiger partial charge in [0, 0.05) is 32.7 Å². The first-order chi connectivity index (χ1) is 8.66. The monoisotopic (exact) mass is 256 g/mol. The van der Waals surface area contributed by atoms with Gasteiger partial charge in [0.2, 0.25) is 0 Å². The van der Waals surface area contributed by atoms with E-state index < -0.39 is 5.97 Å². The van der Waals surface area contributed by atoms with Crippen LogP contribution in [-0.2, 0) is 9.53 Å². The Bertz CT molecular complexity index is 315. The quantitative estimate of drug-likeness (QED) is 0.758. The maximum absolute atomic E-state index is 11.7. The maximum Gasteiger partial charge on any atom is 0.317 e. The predicted octanol–water partition coefficient (Wildman–Crippen LogP) is 0.672. The van der Waals surface area contributed by atoms with Gasteiger partial charge >= 0.3 is 12.0 Å². The Morgan fingerprint density at radius 1 is 1.44 bits per heavy atom. The van der Waals surface area contributed by atoms with E-state index in [0.29, 0.717) is 25.4 Å². The van der Waals surface area contributed by atoms with Gasteiger partial charge in [0.25, 0.3) is 0 Å². The third-order valence-electron chi connectivity index (χ3n) is 3.67. The Hall–Kier alpha value is -1.30. The summed E-state index contributed by atoms with van der Waals surface area (Å²) in [6, 6.07) is 0.142. The summed E-state index contributed by atoms with van der Waals surface area (Å²) in [4.78, 5) is 23.9. The average molecular weight is 256 g/mol. The van der Waals surface area contributed by atoms with Crippen LogP contribution in [0.5, 0.6) is 0 Å². The molecule has 0 aromatic carbocycles. The molecular formula is C12H20N2O4. The molecule has 0 bridgehead atoms. The molecule has 0 radical (unpaired) electrons. The summed E-state index contributed by atoms with van der Waals surface area (Å²) in [5, 5.41) is 11.6. The Labute approximate surface area is 106 Å². The number of hydrogen-bond acceptors (Lipinski definition) is 3. The molecular weight excluding hydrogens is 236 g/mol. The second kappa shape index (κ2) is 6.04. The van der Waals surface area contributed by atoms with E-state index in [1.54, 1.807) is 4.90 Å². The van der Waals surface area contributed by atoms with Crippen molar-refractivity contribution in [2.75, 3.05) is 26.3 Å².